The van der Waals surface area contributed by atoms with Crippen molar-refractivity contribution >= 4 is 17.9 Å². The minimum absolute atomic E-state index is 0.117. The van der Waals surface area contributed by atoms with Crippen LogP contribution in [-0.2, 0) is 9.47 Å². The van der Waals surface area contributed by atoms with Crippen LogP contribution in [-0.4, -0.2) is 41.4 Å². The number of carbonyl (C=O) groups excluding carboxylic acids is 2. The highest BCUT2D eigenvalue weighted by molar-refractivity contribution is 5.88. The molecule has 7 nitrogen and oxygen atoms in total. The Balaban J connectivity index is 2.66. The van der Waals surface area contributed by atoms with E-state index in [1.54, 1.807) is 65.8 Å². The van der Waals surface area contributed by atoms with Crippen LogP contribution in [0.3, 0.4) is 0 Å². The smallest absolute Gasteiger partial charge is 0.419 e. The van der Waals surface area contributed by atoms with Crippen molar-refractivity contribution < 1.29 is 23.8 Å². The van der Waals surface area contributed by atoms with E-state index in [-0.39, 0.29) is 6.54 Å². The molecule has 0 spiro atoms. The fraction of sp³-hybridized carbons (Fsp3) is 0.579. The summed E-state index contributed by atoms with van der Waals surface area (Å²) >= 11 is 0. The molecule has 0 unspecified atom stereocenters. The number of hydrogen-bond donors (Lipinski definition) is 1. The predicted octanol–water partition coefficient (Wildman–Crippen LogP) is 4.21. The number of benzene rings is 1. The van der Waals surface area contributed by atoms with Gasteiger partial charge < -0.3 is 19.9 Å². The van der Waals surface area contributed by atoms with Crippen LogP contribution in [0, 0.1) is 0 Å². The largest absolute Gasteiger partial charge is 0.493 e. The van der Waals surface area contributed by atoms with Gasteiger partial charge in [0.2, 0.25) is 0 Å². The van der Waals surface area contributed by atoms with Crippen LogP contribution in [0.1, 0.15) is 48.0 Å². The molecule has 0 saturated heterocycles. The fourth-order valence-electron chi connectivity index (χ4n) is 1.91. The van der Waals surface area contributed by atoms with E-state index in [4.69, 9.17) is 19.9 Å². The van der Waals surface area contributed by atoms with Gasteiger partial charge in [0, 0.05) is 18.3 Å². The maximum absolute atomic E-state index is 12.3. The number of hydrogen-bond acceptors (Lipinski definition) is 6. The van der Waals surface area contributed by atoms with Gasteiger partial charge in [0.25, 0.3) is 0 Å². The van der Waals surface area contributed by atoms with Gasteiger partial charge in [0.05, 0.1) is 6.61 Å². The van der Waals surface area contributed by atoms with Crippen LogP contribution in [0.2, 0.25) is 0 Å². The topological polar surface area (TPSA) is 91.1 Å². The average molecular weight is 366 g/mol. The standard InChI is InChI=1S/C19H30N2O5/c1-18(2,3)25-16(22)21(17(23)26-19(4,5)6)11-8-12-24-15-10-7-9-14(20)13-15/h7,9-10,13H,8,11-12,20H2,1-6H3. The molecular weight excluding hydrogens is 336 g/mol. The van der Waals surface area contributed by atoms with E-state index < -0.39 is 23.4 Å². The van der Waals surface area contributed by atoms with E-state index in [0.29, 0.717) is 24.5 Å². The molecule has 0 aliphatic heterocycles. The number of imide groups is 1. The molecule has 0 bridgehead atoms. The third kappa shape index (κ3) is 8.60. The third-order valence-electron chi connectivity index (χ3n) is 2.88. The number of carbonyl (C=O) groups is 2. The van der Waals surface area contributed by atoms with Crippen LogP contribution in [0.25, 0.3) is 0 Å². The first-order chi connectivity index (χ1) is 11.9. The summed E-state index contributed by atoms with van der Waals surface area (Å²) < 4.78 is 16.2. The lowest BCUT2D eigenvalue weighted by atomic mass is 10.2. The first-order valence-electron chi connectivity index (χ1n) is 8.59. The third-order valence-corrected chi connectivity index (χ3v) is 2.88. The molecule has 2 amide bonds. The van der Waals surface area contributed by atoms with Gasteiger partial charge in [-0.1, -0.05) is 6.07 Å². The normalized spacial score (nSPS) is 11.6. The molecule has 26 heavy (non-hydrogen) atoms. The zero-order valence-corrected chi connectivity index (χ0v) is 16.5. The first kappa shape index (κ1) is 21.6. The molecule has 0 aliphatic rings. The molecule has 1 aromatic carbocycles. The number of rotatable bonds is 5. The van der Waals surface area contributed by atoms with Gasteiger partial charge in [-0.25, -0.2) is 14.5 Å². The lowest BCUT2D eigenvalue weighted by Gasteiger charge is -2.28. The number of nitrogens with two attached hydrogens (primary N) is 1. The Morgan fingerprint density at radius 1 is 1.00 bits per heavy atom. The molecule has 0 saturated carbocycles. The van der Waals surface area contributed by atoms with Gasteiger partial charge in [-0.15, -0.1) is 0 Å². The lowest BCUT2D eigenvalue weighted by Crippen LogP contribution is -2.44. The van der Waals surface area contributed by atoms with Crippen molar-refractivity contribution in [1.29, 1.82) is 0 Å². The van der Waals surface area contributed by atoms with Crippen LogP contribution in [0.4, 0.5) is 15.3 Å². The summed E-state index contributed by atoms with van der Waals surface area (Å²) in [7, 11) is 0. The monoisotopic (exact) mass is 366 g/mol. The Bertz CT molecular complexity index is 589. The molecule has 0 heterocycles. The Morgan fingerprint density at radius 2 is 1.54 bits per heavy atom. The summed E-state index contributed by atoms with van der Waals surface area (Å²) in [5.41, 5.74) is 4.87. The van der Waals surface area contributed by atoms with Crippen molar-refractivity contribution in [3.05, 3.63) is 24.3 Å². The highest BCUT2D eigenvalue weighted by atomic mass is 16.6. The Morgan fingerprint density at radius 3 is 2.00 bits per heavy atom. The summed E-state index contributed by atoms with van der Waals surface area (Å²) in [4.78, 5) is 25.6. The average Bonchev–Trinajstić information content (AvgIpc) is 2.43. The van der Waals surface area contributed by atoms with Crippen molar-refractivity contribution in [3.8, 4) is 5.75 Å². The molecule has 7 heteroatoms. The molecule has 146 valence electrons. The van der Waals surface area contributed by atoms with Crippen molar-refractivity contribution in [3.63, 3.8) is 0 Å². The van der Waals surface area contributed by atoms with Gasteiger partial charge in [0.1, 0.15) is 17.0 Å². The summed E-state index contributed by atoms with van der Waals surface area (Å²) in [6.07, 6.45) is -1.06. The maximum atomic E-state index is 12.3. The van der Waals surface area contributed by atoms with Crippen molar-refractivity contribution in [2.24, 2.45) is 0 Å². The Hall–Kier alpha value is -2.44. The summed E-state index contributed by atoms with van der Waals surface area (Å²) in [6, 6.07) is 7.05. The van der Waals surface area contributed by atoms with E-state index in [1.807, 2.05) is 0 Å². The minimum Gasteiger partial charge on any atom is -0.493 e. The fourth-order valence-corrected chi connectivity index (χ4v) is 1.91. The summed E-state index contributed by atoms with van der Waals surface area (Å²) in [5, 5.41) is 0. The van der Waals surface area contributed by atoms with Crippen molar-refractivity contribution in [1.82, 2.24) is 4.90 Å². The number of ether oxygens (including phenoxy) is 3. The van der Waals surface area contributed by atoms with Crippen LogP contribution >= 0.6 is 0 Å². The molecule has 0 aromatic heterocycles. The van der Waals surface area contributed by atoms with Gasteiger partial charge in [-0.3, -0.25) is 0 Å². The molecule has 2 N–H and O–H groups in total. The zero-order chi connectivity index (χ0) is 20.0. The molecule has 1 aromatic rings. The second kappa shape index (κ2) is 8.78. The molecule has 1 rings (SSSR count). The second-order valence-corrected chi connectivity index (χ2v) is 7.89. The van der Waals surface area contributed by atoms with E-state index in [2.05, 4.69) is 0 Å². The van der Waals surface area contributed by atoms with Gasteiger partial charge in [-0.2, -0.15) is 0 Å². The molecular formula is C19H30N2O5. The number of nitrogens with zero attached hydrogens (tertiary/aromatic N) is 1. The predicted molar refractivity (Wildman–Crippen MR) is 100 cm³/mol. The SMILES string of the molecule is CC(C)(C)OC(=O)N(CCCOc1cccc(N)c1)C(=O)OC(C)(C)C. The van der Waals surface area contributed by atoms with Crippen molar-refractivity contribution in [2.75, 3.05) is 18.9 Å². The minimum atomic E-state index is -0.740. The quantitative estimate of drug-likeness (QED) is 0.620. The zero-order valence-electron chi connectivity index (χ0n) is 16.5. The molecule has 0 fully saturated rings. The van der Waals surface area contributed by atoms with E-state index >= 15 is 0 Å². The summed E-state index contributed by atoms with van der Waals surface area (Å²) in [5.74, 6) is 0.631. The number of amides is 2. The van der Waals surface area contributed by atoms with E-state index in [0.717, 1.165) is 4.90 Å². The number of anilines is 1. The van der Waals surface area contributed by atoms with Crippen molar-refractivity contribution in [2.45, 2.75) is 59.2 Å². The van der Waals surface area contributed by atoms with Gasteiger partial charge >= 0.3 is 12.2 Å². The Labute approximate surface area is 155 Å². The number of nitrogen functional groups attached to an aromatic ring is 1. The molecule has 0 aliphatic carbocycles. The van der Waals surface area contributed by atoms with E-state index in [1.165, 1.54) is 0 Å². The summed E-state index contributed by atoms with van der Waals surface area (Å²) in [6.45, 7) is 10.9. The second-order valence-electron chi connectivity index (χ2n) is 7.89. The lowest BCUT2D eigenvalue weighted by molar-refractivity contribution is 0.000804. The van der Waals surface area contributed by atoms with Crippen LogP contribution < -0.4 is 10.5 Å². The van der Waals surface area contributed by atoms with Gasteiger partial charge in [-0.05, 0) is 60.1 Å². The van der Waals surface area contributed by atoms with Gasteiger partial charge in [0.15, 0.2) is 0 Å². The van der Waals surface area contributed by atoms with Crippen LogP contribution in [0.5, 0.6) is 5.75 Å². The highest BCUT2D eigenvalue weighted by Crippen LogP contribution is 2.16. The molecule has 0 atom stereocenters. The van der Waals surface area contributed by atoms with Crippen LogP contribution in [0.15, 0.2) is 24.3 Å². The molecule has 0 radical (unpaired) electrons. The first-order valence-corrected chi connectivity index (χ1v) is 8.59. The maximum Gasteiger partial charge on any atom is 0.419 e. The highest BCUT2D eigenvalue weighted by Gasteiger charge is 2.30. The Kier molecular flexibility index (Phi) is 7.29. The van der Waals surface area contributed by atoms with E-state index in [9.17, 15) is 9.59 Å².